The molecule has 0 amide bonds. The maximum Gasteiger partial charge on any atom is 0.306 e. The Labute approximate surface area is 360 Å². The maximum atomic E-state index is 12.8. The third kappa shape index (κ3) is 45.0. The minimum Gasteiger partial charge on any atom is -0.462 e. The Kier molecular flexibility index (Phi) is 45.8. The monoisotopic (exact) mass is 817 g/mol. The molecule has 6 nitrogen and oxygen atoms in total. The van der Waals surface area contributed by atoms with Gasteiger partial charge in [0.1, 0.15) is 13.2 Å². The van der Waals surface area contributed by atoms with Gasteiger partial charge in [0.15, 0.2) is 6.10 Å². The highest BCUT2D eigenvalue weighted by Crippen LogP contribution is 2.15. The lowest BCUT2D eigenvalue weighted by Gasteiger charge is -2.18. The highest BCUT2D eigenvalue weighted by atomic mass is 16.6. The summed E-state index contributed by atoms with van der Waals surface area (Å²) in [4.78, 5) is 37.9. The summed E-state index contributed by atoms with van der Waals surface area (Å²) >= 11 is 0. The smallest absolute Gasteiger partial charge is 0.306 e. The Morgan fingerprint density at radius 3 is 0.897 bits per heavy atom. The molecule has 0 fully saturated rings. The van der Waals surface area contributed by atoms with Gasteiger partial charge >= 0.3 is 17.9 Å². The van der Waals surface area contributed by atoms with Crippen LogP contribution in [0.2, 0.25) is 0 Å². The van der Waals surface area contributed by atoms with E-state index in [1.165, 1.54) is 161 Å². The van der Waals surface area contributed by atoms with Crippen LogP contribution < -0.4 is 0 Å². The first-order valence-corrected chi connectivity index (χ1v) is 25.3. The Morgan fingerprint density at radius 2 is 0.569 bits per heavy atom. The largest absolute Gasteiger partial charge is 0.462 e. The summed E-state index contributed by atoms with van der Waals surface area (Å²) in [5.74, 6) is -0.881. The summed E-state index contributed by atoms with van der Waals surface area (Å²) in [6.07, 6.45) is 53.0. The first-order chi connectivity index (χ1) is 28.5. The van der Waals surface area contributed by atoms with Gasteiger partial charge in [0.05, 0.1) is 0 Å². The SMILES string of the molecule is CCCCC/C=C\CCCCCCCC(=O)OC[C@H](COC(=O)CCCCCCC/C=C\CCCCCCCC)OC(=O)CCCCCCCCCCCCCCC. The van der Waals surface area contributed by atoms with Crippen LogP contribution >= 0.6 is 0 Å². The second-order valence-electron chi connectivity index (χ2n) is 17.1. The number of esters is 3. The topological polar surface area (TPSA) is 78.9 Å². The average molecular weight is 817 g/mol. The second kappa shape index (κ2) is 47.6. The van der Waals surface area contributed by atoms with E-state index in [0.29, 0.717) is 19.3 Å². The van der Waals surface area contributed by atoms with Crippen LogP contribution in [0.1, 0.15) is 271 Å². The molecule has 58 heavy (non-hydrogen) atoms. The van der Waals surface area contributed by atoms with Crippen LogP contribution in [-0.4, -0.2) is 37.2 Å². The van der Waals surface area contributed by atoms with Gasteiger partial charge in [0.2, 0.25) is 0 Å². The van der Waals surface area contributed by atoms with Crippen molar-refractivity contribution in [3.8, 4) is 0 Å². The van der Waals surface area contributed by atoms with Crippen LogP contribution in [0.25, 0.3) is 0 Å². The number of carbonyl (C=O) groups excluding carboxylic acids is 3. The standard InChI is InChI=1S/C52H96O6/c1-4-7-10-13-16-19-22-25-26-28-30-33-36-39-42-45-51(54)57-48-49(47-56-50(53)44-41-38-35-32-29-24-21-18-15-12-9-6-3)58-52(55)46-43-40-37-34-31-27-23-20-17-14-11-8-5-2/h18,21,25-26,49H,4-17,19-20,22-24,27-48H2,1-3H3/b21-18-,26-25-/t49-/m1/s1. The van der Waals surface area contributed by atoms with Gasteiger partial charge in [-0.05, 0) is 70.6 Å². The minimum absolute atomic E-state index is 0.0748. The van der Waals surface area contributed by atoms with Gasteiger partial charge in [-0.2, -0.15) is 0 Å². The lowest BCUT2D eigenvalue weighted by atomic mass is 10.0. The number of carbonyl (C=O) groups is 3. The fraction of sp³-hybridized carbons (Fsp3) is 0.865. The molecular weight excluding hydrogens is 721 g/mol. The van der Waals surface area contributed by atoms with Crippen molar-refractivity contribution in [2.45, 2.75) is 277 Å². The van der Waals surface area contributed by atoms with E-state index in [-0.39, 0.29) is 31.1 Å². The molecule has 0 rings (SSSR count). The van der Waals surface area contributed by atoms with Crippen LogP contribution in [-0.2, 0) is 28.6 Å². The number of hydrogen-bond donors (Lipinski definition) is 0. The van der Waals surface area contributed by atoms with Gasteiger partial charge in [-0.15, -0.1) is 0 Å². The average Bonchev–Trinajstić information content (AvgIpc) is 3.22. The maximum absolute atomic E-state index is 12.8. The Bertz CT molecular complexity index is 942. The molecule has 0 N–H and O–H groups in total. The molecule has 0 aliphatic heterocycles. The van der Waals surface area contributed by atoms with Crippen LogP contribution in [0.3, 0.4) is 0 Å². The van der Waals surface area contributed by atoms with Crippen LogP contribution in [0, 0.1) is 0 Å². The molecule has 0 radical (unpaired) electrons. The van der Waals surface area contributed by atoms with Crippen molar-refractivity contribution >= 4 is 17.9 Å². The summed E-state index contributed by atoms with van der Waals surface area (Å²) in [5.41, 5.74) is 0. The molecule has 0 bridgehead atoms. The van der Waals surface area contributed by atoms with Crippen molar-refractivity contribution in [3.63, 3.8) is 0 Å². The number of rotatable bonds is 46. The van der Waals surface area contributed by atoms with Crippen LogP contribution in [0.15, 0.2) is 24.3 Å². The van der Waals surface area contributed by atoms with E-state index in [1.54, 1.807) is 0 Å². The van der Waals surface area contributed by atoms with E-state index in [0.717, 1.165) is 70.6 Å². The third-order valence-corrected chi connectivity index (χ3v) is 11.2. The Balaban J connectivity index is 4.36. The molecule has 6 heteroatoms. The lowest BCUT2D eigenvalue weighted by Crippen LogP contribution is -2.30. The first-order valence-electron chi connectivity index (χ1n) is 25.3. The molecule has 0 saturated carbocycles. The number of unbranched alkanes of at least 4 members (excludes halogenated alkanes) is 31. The molecule has 0 aromatic carbocycles. The van der Waals surface area contributed by atoms with Gasteiger partial charge in [0.25, 0.3) is 0 Å². The molecule has 0 aliphatic carbocycles. The molecule has 0 spiro atoms. The van der Waals surface area contributed by atoms with Gasteiger partial charge in [-0.25, -0.2) is 0 Å². The predicted octanol–water partition coefficient (Wildman–Crippen LogP) is 16.4. The minimum atomic E-state index is -0.772. The summed E-state index contributed by atoms with van der Waals surface area (Å²) in [5, 5.41) is 0. The van der Waals surface area contributed by atoms with E-state index in [1.807, 2.05) is 0 Å². The molecule has 0 aliphatic rings. The van der Waals surface area contributed by atoms with Crippen LogP contribution in [0.5, 0.6) is 0 Å². The van der Waals surface area contributed by atoms with Gasteiger partial charge in [-0.3, -0.25) is 14.4 Å². The summed E-state index contributed by atoms with van der Waals surface area (Å²) in [6.45, 7) is 6.61. The molecule has 0 aromatic rings. The predicted molar refractivity (Wildman–Crippen MR) is 247 cm³/mol. The van der Waals surface area contributed by atoms with Gasteiger partial charge < -0.3 is 14.2 Å². The molecule has 340 valence electrons. The van der Waals surface area contributed by atoms with Crippen molar-refractivity contribution in [1.82, 2.24) is 0 Å². The highest BCUT2D eigenvalue weighted by molar-refractivity contribution is 5.71. The summed E-state index contributed by atoms with van der Waals surface area (Å²) in [7, 11) is 0. The molecular formula is C52H96O6. The van der Waals surface area contributed by atoms with Crippen molar-refractivity contribution < 1.29 is 28.6 Å². The van der Waals surface area contributed by atoms with E-state index < -0.39 is 6.10 Å². The number of allylic oxidation sites excluding steroid dienone is 4. The first kappa shape index (κ1) is 55.9. The van der Waals surface area contributed by atoms with E-state index >= 15 is 0 Å². The lowest BCUT2D eigenvalue weighted by molar-refractivity contribution is -0.167. The van der Waals surface area contributed by atoms with Crippen molar-refractivity contribution in [2.75, 3.05) is 13.2 Å². The molecule has 0 heterocycles. The fourth-order valence-electron chi connectivity index (χ4n) is 7.31. The van der Waals surface area contributed by atoms with E-state index in [4.69, 9.17) is 14.2 Å². The normalized spacial score (nSPS) is 12.1. The molecule has 0 unspecified atom stereocenters. The van der Waals surface area contributed by atoms with Crippen molar-refractivity contribution in [3.05, 3.63) is 24.3 Å². The van der Waals surface area contributed by atoms with Crippen molar-refractivity contribution in [2.24, 2.45) is 0 Å². The second-order valence-corrected chi connectivity index (χ2v) is 17.1. The van der Waals surface area contributed by atoms with Crippen LogP contribution in [0.4, 0.5) is 0 Å². The van der Waals surface area contributed by atoms with E-state index in [2.05, 4.69) is 45.1 Å². The van der Waals surface area contributed by atoms with Crippen molar-refractivity contribution in [1.29, 1.82) is 0 Å². The zero-order valence-corrected chi connectivity index (χ0v) is 38.8. The summed E-state index contributed by atoms with van der Waals surface area (Å²) in [6, 6.07) is 0. The molecule has 1 atom stereocenters. The number of hydrogen-bond acceptors (Lipinski definition) is 6. The number of ether oxygens (including phenoxy) is 3. The van der Waals surface area contributed by atoms with E-state index in [9.17, 15) is 14.4 Å². The molecule has 0 aromatic heterocycles. The zero-order chi connectivity index (χ0) is 42.3. The fourth-order valence-corrected chi connectivity index (χ4v) is 7.31. The third-order valence-electron chi connectivity index (χ3n) is 11.2. The van der Waals surface area contributed by atoms with Gasteiger partial charge in [0, 0.05) is 19.3 Å². The molecule has 0 saturated heterocycles. The quantitative estimate of drug-likeness (QED) is 0.0263. The Hall–Kier alpha value is -2.11. The zero-order valence-electron chi connectivity index (χ0n) is 38.8. The van der Waals surface area contributed by atoms with Gasteiger partial charge in [-0.1, -0.05) is 206 Å². The summed E-state index contributed by atoms with van der Waals surface area (Å²) < 4.78 is 16.8. The highest BCUT2D eigenvalue weighted by Gasteiger charge is 2.19. The Morgan fingerprint density at radius 1 is 0.328 bits per heavy atom.